The Morgan fingerprint density at radius 3 is 2.62 bits per heavy atom. The Balaban J connectivity index is 1.75. The maximum Gasteiger partial charge on any atom is 0.0853 e. The summed E-state index contributed by atoms with van der Waals surface area (Å²) in [6.07, 6.45) is 8.68. The lowest BCUT2D eigenvalue weighted by molar-refractivity contribution is 0.327. The Bertz CT molecular complexity index is 604. The molecule has 0 spiro atoms. The molecule has 1 aliphatic carbocycles. The molecule has 0 saturated heterocycles. The van der Waals surface area contributed by atoms with E-state index in [9.17, 15) is 0 Å². The molecule has 0 radical (unpaired) electrons. The molecule has 2 aromatic heterocycles. The van der Waals surface area contributed by atoms with Crippen LogP contribution in [0.4, 0.5) is 0 Å². The highest BCUT2D eigenvalue weighted by Gasteiger charge is 2.17. The van der Waals surface area contributed by atoms with Crippen LogP contribution in [0.25, 0.3) is 0 Å². The summed E-state index contributed by atoms with van der Waals surface area (Å²) in [6, 6.07) is 2.71. The lowest BCUT2D eigenvalue weighted by Gasteiger charge is -2.21. The van der Waals surface area contributed by atoms with E-state index in [-0.39, 0.29) is 0 Å². The van der Waals surface area contributed by atoms with E-state index in [0.717, 1.165) is 29.2 Å². The minimum Gasteiger partial charge on any atom is -0.326 e. The normalized spacial score (nSPS) is 16.5. The zero-order valence-electron chi connectivity index (χ0n) is 13.0. The van der Waals surface area contributed by atoms with Crippen LogP contribution in [0.15, 0.2) is 12.3 Å². The topological polar surface area (TPSA) is 61.7 Å². The lowest BCUT2D eigenvalue weighted by atomic mass is 9.96. The predicted octanol–water partition coefficient (Wildman–Crippen LogP) is 2.71. The summed E-state index contributed by atoms with van der Waals surface area (Å²) in [4.78, 5) is 0. The van der Waals surface area contributed by atoms with E-state index in [0.29, 0.717) is 12.6 Å². The number of nitrogens with two attached hydrogens (primary N) is 1. The highest BCUT2D eigenvalue weighted by Crippen LogP contribution is 2.27. The SMILES string of the molecule is Cc1nn(Cc2ccn(C3CCCCC3)n2)c(C)c1CN. The van der Waals surface area contributed by atoms with Crippen LogP contribution in [0.3, 0.4) is 0 Å². The Kier molecular flexibility index (Phi) is 4.10. The third kappa shape index (κ3) is 2.88. The first-order valence-corrected chi connectivity index (χ1v) is 7.96. The molecular formula is C16H25N5. The third-order valence-electron chi connectivity index (χ3n) is 4.66. The van der Waals surface area contributed by atoms with Gasteiger partial charge in [-0.1, -0.05) is 19.3 Å². The van der Waals surface area contributed by atoms with Gasteiger partial charge >= 0.3 is 0 Å². The van der Waals surface area contributed by atoms with Crippen molar-refractivity contribution in [2.75, 3.05) is 0 Å². The largest absolute Gasteiger partial charge is 0.326 e. The van der Waals surface area contributed by atoms with Gasteiger partial charge in [0.15, 0.2) is 0 Å². The van der Waals surface area contributed by atoms with Crippen LogP contribution in [0.2, 0.25) is 0 Å². The van der Waals surface area contributed by atoms with Crippen molar-refractivity contribution in [3.8, 4) is 0 Å². The first-order valence-electron chi connectivity index (χ1n) is 7.96. The quantitative estimate of drug-likeness (QED) is 0.940. The van der Waals surface area contributed by atoms with E-state index in [2.05, 4.69) is 29.0 Å². The van der Waals surface area contributed by atoms with Crippen molar-refractivity contribution in [3.63, 3.8) is 0 Å². The molecule has 5 nitrogen and oxygen atoms in total. The molecular weight excluding hydrogens is 262 g/mol. The third-order valence-corrected chi connectivity index (χ3v) is 4.66. The zero-order chi connectivity index (χ0) is 14.8. The van der Waals surface area contributed by atoms with Crippen LogP contribution < -0.4 is 5.73 Å². The van der Waals surface area contributed by atoms with Crippen molar-refractivity contribution in [1.29, 1.82) is 0 Å². The second-order valence-corrected chi connectivity index (χ2v) is 6.09. The molecule has 114 valence electrons. The first kappa shape index (κ1) is 14.3. The summed E-state index contributed by atoms with van der Waals surface area (Å²) in [6.45, 7) is 5.38. The standard InChI is InChI=1S/C16H25N5/c1-12-16(10-17)13(2)21(18-12)11-14-8-9-20(19-14)15-6-4-3-5-7-15/h8-9,15H,3-7,10-11,17H2,1-2H3. The van der Waals surface area contributed by atoms with Gasteiger partial charge in [-0.15, -0.1) is 0 Å². The van der Waals surface area contributed by atoms with Crippen LogP contribution in [-0.4, -0.2) is 19.6 Å². The Morgan fingerprint density at radius 1 is 1.19 bits per heavy atom. The fourth-order valence-corrected chi connectivity index (χ4v) is 3.35. The van der Waals surface area contributed by atoms with Crippen molar-refractivity contribution in [3.05, 3.63) is 34.9 Å². The van der Waals surface area contributed by atoms with Gasteiger partial charge in [-0.3, -0.25) is 9.36 Å². The Hall–Kier alpha value is -1.62. The number of aryl methyl sites for hydroxylation is 1. The molecule has 21 heavy (non-hydrogen) atoms. The van der Waals surface area contributed by atoms with E-state index in [1.165, 1.54) is 32.1 Å². The molecule has 0 bridgehead atoms. The molecule has 2 heterocycles. The maximum atomic E-state index is 5.79. The monoisotopic (exact) mass is 287 g/mol. The average molecular weight is 287 g/mol. The van der Waals surface area contributed by atoms with Gasteiger partial charge in [0.2, 0.25) is 0 Å². The molecule has 1 aliphatic rings. The Labute approximate surface area is 126 Å². The highest BCUT2D eigenvalue weighted by atomic mass is 15.3. The maximum absolute atomic E-state index is 5.79. The smallest absolute Gasteiger partial charge is 0.0853 e. The molecule has 5 heteroatoms. The van der Waals surface area contributed by atoms with Crippen LogP contribution >= 0.6 is 0 Å². The van der Waals surface area contributed by atoms with Crippen molar-refractivity contribution in [2.45, 2.75) is 65.1 Å². The average Bonchev–Trinajstić information content (AvgIpc) is 3.06. The van der Waals surface area contributed by atoms with Crippen LogP contribution in [0.1, 0.15) is 60.8 Å². The summed E-state index contributed by atoms with van der Waals surface area (Å²) >= 11 is 0. The van der Waals surface area contributed by atoms with Gasteiger partial charge in [0.05, 0.1) is 24.0 Å². The minimum atomic E-state index is 0.550. The van der Waals surface area contributed by atoms with Gasteiger partial charge in [-0.2, -0.15) is 10.2 Å². The minimum absolute atomic E-state index is 0.550. The second-order valence-electron chi connectivity index (χ2n) is 6.09. The summed E-state index contributed by atoms with van der Waals surface area (Å²) in [5, 5.41) is 9.35. The second kappa shape index (κ2) is 6.02. The number of rotatable bonds is 4. The Morgan fingerprint density at radius 2 is 1.95 bits per heavy atom. The molecule has 0 amide bonds. The number of hydrogen-bond donors (Lipinski definition) is 1. The highest BCUT2D eigenvalue weighted by molar-refractivity contribution is 5.24. The molecule has 2 aromatic rings. The van der Waals surface area contributed by atoms with Gasteiger partial charge < -0.3 is 5.73 Å². The van der Waals surface area contributed by atoms with Crippen molar-refractivity contribution in [2.24, 2.45) is 5.73 Å². The van der Waals surface area contributed by atoms with Crippen LogP contribution in [0.5, 0.6) is 0 Å². The van der Waals surface area contributed by atoms with Gasteiger partial charge in [0.25, 0.3) is 0 Å². The van der Waals surface area contributed by atoms with Crippen LogP contribution in [-0.2, 0) is 13.1 Å². The van der Waals surface area contributed by atoms with E-state index >= 15 is 0 Å². The van der Waals surface area contributed by atoms with E-state index in [1.807, 2.05) is 11.6 Å². The van der Waals surface area contributed by atoms with E-state index < -0.39 is 0 Å². The number of aromatic nitrogens is 4. The first-order chi connectivity index (χ1) is 10.2. The molecule has 1 saturated carbocycles. The summed E-state index contributed by atoms with van der Waals surface area (Å²) in [7, 11) is 0. The molecule has 0 aliphatic heterocycles. The molecule has 0 atom stereocenters. The molecule has 1 fully saturated rings. The number of hydrogen-bond acceptors (Lipinski definition) is 3. The molecule has 0 aromatic carbocycles. The van der Waals surface area contributed by atoms with Gasteiger partial charge in [-0.05, 0) is 32.8 Å². The lowest BCUT2D eigenvalue weighted by Crippen LogP contribution is -2.14. The summed E-state index contributed by atoms with van der Waals surface area (Å²) in [5.74, 6) is 0. The fraction of sp³-hybridized carbons (Fsp3) is 0.625. The van der Waals surface area contributed by atoms with Crippen molar-refractivity contribution >= 4 is 0 Å². The fourth-order valence-electron chi connectivity index (χ4n) is 3.35. The number of nitrogens with zero attached hydrogens (tertiary/aromatic N) is 4. The van der Waals surface area contributed by atoms with E-state index in [1.54, 1.807) is 0 Å². The van der Waals surface area contributed by atoms with Gasteiger partial charge in [0.1, 0.15) is 0 Å². The molecule has 2 N–H and O–H groups in total. The summed E-state index contributed by atoms with van der Waals surface area (Å²) in [5.41, 5.74) is 10.2. The summed E-state index contributed by atoms with van der Waals surface area (Å²) < 4.78 is 4.18. The zero-order valence-corrected chi connectivity index (χ0v) is 13.0. The van der Waals surface area contributed by atoms with Crippen LogP contribution in [0, 0.1) is 13.8 Å². The van der Waals surface area contributed by atoms with Crippen molar-refractivity contribution in [1.82, 2.24) is 19.6 Å². The molecule has 0 unspecified atom stereocenters. The van der Waals surface area contributed by atoms with Gasteiger partial charge in [-0.25, -0.2) is 0 Å². The van der Waals surface area contributed by atoms with Crippen molar-refractivity contribution < 1.29 is 0 Å². The molecule has 3 rings (SSSR count). The predicted molar refractivity (Wildman–Crippen MR) is 83.0 cm³/mol. The van der Waals surface area contributed by atoms with Gasteiger partial charge in [0, 0.05) is 24.0 Å². The van der Waals surface area contributed by atoms with E-state index in [4.69, 9.17) is 10.8 Å².